The number of hydrogen-bond donors (Lipinski definition) is 0. The summed E-state index contributed by atoms with van der Waals surface area (Å²) in [7, 11) is 0. The lowest BCUT2D eigenvalue weighted by Gasteiger charge is -2.04. The molecule has 0 radical (unpaired) electrons. The molecule has 0 atom stereocenters. The van der Waals surface area contributed by atoms with Crippen molar-refractivity contribution in [1.29, 1.82) is 0 Å². The normalized spacial score (nSPS) is 15.0. The third kappa shape index (κ3) is 2.55. The number of ketones is 1. The average molecular weight is 280 g/mol. The first-order valence-corrected chi connectivity index (χ1v) is 6.96. The molecule has 3 heteroatoms. The molecule has 0 bridgehead atoms. The summed E-state index contributed by atoms with van der Waals surface area (Å²) in [5.74, 6) is 1.54. The number of fused-ring (bicyclic) bond motifs is 1. The van der Waals surface area contributed by atoms with Gasteiger partial charge in [0.25, 0.3) is 0 Å². The number of allylic oxidation sites excluding steroid dienone is 1. The number of carbonyl (C=O) groups excluding carboxylic acids is 1. The molecular formula is C18H16O3. The van der Waals surface area contributed by atoms with Crippen LogP contribution in [0.5, 0.6) is 11.5 Å². The quantitative estimate of drug-likeness (QED) is 0.797. The summed E-state index contributed by atoms with van der Waals surface area (Å²) in [5.41, 5.74) is 2.67. The van der Waals surface area contributed by atoms with Gasteiger partial charge in [-0.05, 0) is 43.2 Å². The highest BCUT2D eigenvalue weighted by molar-refractivity contribution is 6.14. The summed E-state index contributed by atoms with van der Waals surface area (Å²) in [4.78, 5) is 12.3. The van der Waals surface area contributed by atoms with Crippen molar-refractivity contribution in [3.8, 4) is 11.5 Å². The van der Waals surface area contributed by atoms with Crippen molar-refractivity contribution in [2.24, 2.45) is 0 Å². The lowest BCUT2D eigenvalue weighted by Crippen LogP contribution is -1.98. The number of aryl methyl sites for hydroxylation is 1. The molecule has 0 N–H and O–H groups in total. The van der Waals surface area contributed by atoms with Crippen LogP contribution in [0.4, 0.5) is 0 Å². The molecule has 1 heterocycles. The summed E-state index contributed by atoms with van der Waals surface area (Å²) in [6.45, 7) is 4.51. The number of benzene rings is 2. The molecule has 0 amide bonds. The Labute approximate surface area is 123 Å². The second-order valence-corrected chi connectivity index (χ2v) is 4.89. The fourth-order valence-electron chi connectivity index (χ4n) is 2.31. The summed E-state index contributed by atoms with van der Waals surface area (Å²) in [6.07, 6.45) is 1.79. The monoisotopic (exact) mass is 280 g/mol. The number of carbonyl (C=O) groups is 1. The lowest BCUT2D eigenvalue weighted by atomic mass is 10.1. The van der Waals surface area contributed by atoms with E-state index in [1.54, 1.807) is 24.3 Å². The zero-order valence-electron chi connectivity index (χ0n) is 12.1. The van der Waals surface area contributed by atoms with Gasteiger partial charge in [0.05, 0.1) is 12.2 Å². The zero-order valence-corrected chi connectivity index (χ0v) is 12.1. The van der Waals surface area contributed by atoms with E-state index in [1.807, 2.05) is 38.1 Å². The standard InChI is InChI=1S/C18H16O3/c1-3-20-14-8-9-15-16(11-14)21-17(18(15)19)10-13-7-5-4-6-12(13)2/h4-11H,3H2,1-2H3. The van der Waals surface area contributed by atoms with Gasteiger partial charge in [0.1, 0.15) is 11.5 Å². The fraction of sp³-hybridized carbons (Fsp3) is 0.167. The molecule has 0 saturated carbocycles. The average Bonchev–Trinajstić information content (AvgIpc) is 2.78. The molecule has 0 spiro atoms. The highest BCUT2D eigenvalue weighted by Crippen LogP contribution is 2.35. The Morgan fingerprint density at radius 3 is 2.76 bits per heavy atom. The highest BCUT2D eigenvalue weighted by Gasteiger charge is 2.27. The Kier molecular flexibility index (Phi) is 3.48. The molecule has 0 fully saturated rings. The molecule has 0 aromatic heterocycles. The van der Waals surface area contributed by atoms with E-state index >= 15 is 0 Å². The van der Waals surface area contributed by atoms with E-state index in [9.17, 15) is 4.79 Å². The first kappa shape index (κ1) is 13.4. The van der Waals surface area contributed by atoms with Crippen LogP contribution in [-0.4, -0.2) is 12.4 Å². The van der Waals surface area contributed by atoms with Gasteiger partial charge in [0.2, 0.25) is 5.78 Å². The van der Waals surface area contributed by atoms with E-state index < -0.39 is 0 Å². The van der Waals surface area contributed by atoms with Gasteiger partial charge in [-0.15, -0.1) is 0 Å². The highest BCUT2D eigenvalue weighted by atomic mass is 16.5. The molecule has 3 nitrogen and oxygen atoms in total. The maximum Gasteiger partial charge on any atom is 0.231 e. The van der Waals surface area contributed by atoms with Gasteiger partial charge < -0.3 is 9.47 Å². The summed E-state index contributed by atoms with van der Waals surface area (Å²) in [5, 5.41) is 0. The summed E-state index contributed by atoms with van der Waals surface area (Å²) < 4.78 is 11.1. The molecule has 2 aromatic carbocycles. The first-order chi connectivity index (χ1) is 10.2. The van der Waals surface area contributed by atoms with E-state index in [2.05, 4.69) is 0 Å². The van der Waals surface area contributed by atoms with Crippen LogP contribution in [0.3, 0.4) is 0 Å². The zero-order chi connectivity index (χ0) is 14.8. The molecular weight excluding hydrogens is 264 g/mol. The van der Waals surface area contributed by atoms with Gasteiger partial charge in [-0.2, -0.15) is 0 Å². The molecule has 106 valence electrons. The number of Topliss-reactive ketones (excluding diaryl/α,β-unsaturated/α-hetero) is 1. The largest absolute Gasteiger partial charge is 0.494 e. The molecule has 1 aliphatic heterocycles. The minimum Gasteiger partial charge on any atom is -0.494 e. The number of ether oxygens (including phenoxy) is 2. The van der Waals surface area contributed by atoms with E-state index in [4.69, 9.17) is 9.47 Å². The Morgan fingerprint density at radius 1 is 1.19 bits per heavy atom. The van der Waals surface area contributed by atoms with Crippen LogP contribution in [0.25, 0.3) is 6.08 Å². The van der Waals surface area contributed by atoms with E-state index in [0.717, 1.165) is 11.1 Å². The van der Waals surface area contributed by atoms with Gasteiger partial charge in [-0.1, -0.05) is 24.3 Å². The molecule has 1 aliphatic rings. The maximum atomic E-state index is 12.3. The molecule has 0 saturated heterocycles. The van der Waals surface area contributed by atoms with Crippen molar-refractivity contribution in [2.45, 2.75) is 13.8 Å². The van der Waals surface area contributed by atoms with Gasteiger partial charge >= 0.3 is 0 Å². The van der Waals surface area contributed by atoms with E-state index in [1.165, 1.54) is 0 Å². The smallest absolute Gasteiger partial charge is 0.231 e. The van der Waals surface area contributed by atoms with Gasteiger partial charge in [0, 0.05) is 6.07 Å². The van der Waals surface area contributed by atoms with E-state index in [0.29, 0.717) is 29.4 Å². The van der Waals surface area contributed by atoms with Crippen LogP contribution in [0.2, 0.25) is 0 Å². The first-order valence-electron chi connectivity index (χ1n) is 6.96. The minimum absolute atomic E-state index is 0.0868. The Morgan fingerprint density at radius 2 is 2.00 bits per heavy atom. The maximum absolute atomic E-state index is 12.3. The van der Waals surface area contributed by atoms with Crippen LogP contribution in [-0.2, 0) is 0 Å². The van der Waals surface area contributed by atoms with Crippen molar-refractivity contribution in [3.63, 3.8) is 0 Å². The van der Waals surface area contributed by atoms with Crippen molar-refractivity contribution >= 4 is 11.9 Å². The lowest BCUT2D eigenvalue weighted by molar-refractivity contribution is 0.101. The Hall–Kier alpha value is -2.55. The Balaban J connectivity index is 1.95. The third-order valence-electron chi connectivity index (χ3n) is 3.43. The molecule has 2 aromatic rings. The minimum atomic E-state index is -0.0868. The van der Waals surface area contributed by atoms with Gasteiger partial charge in [-0.25, -0.2) is 0 Å². The SMILES string of the molecule is CCOc1ccc2c(c1)OC(=Cc1ccccc1C)C2=O. The van der Waals surface area contributed by atoms with Gasteiger partial charge in [-0.3, -0.25) is 4.79 Å². The van der Waals surface area contributed by atoms with Crippen molar-refractivity contribution < 1.29 is 14.3 Å². The van der Waals surface area contributed by atoms with Gasteiger partial charge in [0.15, 0.2) is 5.76 Å². The Bertz CT molecular complexity index is 729. The van der Waals surface area contributed by atoms with Crippen molar-refractivity contribution in [2.75, 3.05) is 6.61 Å². The summed E-state index contributed by atoms with van der Waals surface area (Å²) in [6, 6.07) is 13.2. The van der Waals surface area contributed by atoms with Crippen LogP contribution in [0, 0.1) is 6.92 Å². The molecule has 0 unspecified atom stereocenters. The second-order valence-electron chi connectivity index (χ2n) is 4.89. The van der Waals surface area contributed by atoms with E-state index in [-0.39, 0.29) is 5.78 Å². The molecule has 0 aliphatic carbocycles. The van der Waals surface area contributed by atoms with Crippen LogP contribution < -0.4 is 9.47 Å². The van der Waals surface area contributed by atoms with Crippen molar-refractivity contribution in [3.05, 3.63) is 64.9 Å². The van der Waals surface area contributed by atoms with Crippen LogP contribution >= 0.6 is 0 Å². The predicted octanol–water partition coefficient (Wildman–Crippen LogP) is 4.01. The van der Waals surface area contributed by atoms with Crippen LogP contribution in [0.15, 0.2) is 48.2 Å². The fourth-order valence-corrected chi connectivity index (χ4v) is 2.31. The summed E-state index contributed by atoms with van der Waals surface area (Å²) >= 11 is 0. The van der Waals surface area contributed by atoms with Crippen molar-refractivity contribution in [1.82, 2.24) is 0 Å². The molecule has 3 rings (SSSR count). The second kappa shape index (κ2) is 5.44. The number of rotatable bonds is 3. The predicted molar refractivity (Wildman–Crippen MR) is 81.7 cm³/mol. The van der Waals surface area contributed by atoms with Crippen LogP contribution in [0.1, 0.15) is 28.4 Å². The molecule has 21 heavy (non-hydrogen) atoms. The number of hydrogen-bond acceptors (Lipinski definition) is 3. The topological polar surface area (TPSA) is 35.5 Å². The third-order valence-corrected chi connectivity index (χ3v) is 3.43.